The Kier molecular flexibility index (Phi) is 8.66. The number of aliphatic hydroxyl groups is 10. The standard InChI is InChI=1S/C15H28O14/c16-1-5(19)4-26-15(13(25)11(24)12(28-15)6(20)2-17)29-14-10(23)9(22)8(21)7(3-18)27-14/h5-14,16-25H,1-4H2/t5?,6-,7-,8-,9+,10-,11+,12+,13+,14?,15?/m1/s1. The third-order valence-electron chi connectivity index (χ3n) is 4.71. The van der Waals surface area contributed by atoms with Crippen molar-refractivity contribution in [3.05, 3.63) is 0 Å². The molecule has 3 unspecified atom stereocenters. The summed E-state index contributed by atoms with van der Waals surface area (Å²) in [6, 6.07) is 0. The van der Waals surface area contributed by atoms with Gasteiger partial charge in [-0.25, -0.2) is 0 Å². The fraction of sp³-hybridized carbons (Fsp3) is 1.00. The first-order chi connectivity index (χ1) is 13.6. The molecule has 0 spiro atoms. The first-order valence-electron chi connectivity index (χ1n) is 8.85. The first-order valence-corrected chi connectivity index (χ1v) is 8.85. The summed E-state index contributed by atoms with van der Waals surface area (Å²) < 4.78 is 20.9. The minimum atomic E-state index is -2.69. The van der Waals surface area contributed by atoms with Crippen molar-refractivity contribution in [1.29, 1.82) is 0 Å². The second kappa shape index (κ2) is 10.2. The average molecular weight is 432 g/mol. The Balaban J connectivity index is 2.28. The molecule has 2 aliphatic rings. The third kappa shape index (κ3) is 5.03. The van der Waals surface area contributed by atoms with Crippen LogP contribution in [0.3, 0.4) is 0 Å². The number of ether oxygens (including phenoxy) is 4. The zero-order valence-electron chi connectivity index (χ0n) is 15.2. The Labute approximate surface area is 164 Å². The van der Waals surface area contributed by atoms with Crippen molar-refractivity contribution >= 4 is 0 Å². The molecule has 2 fully saturated rings. The lowest BCUT2D eigenvalue weighted by Crippen LogP contribution is -2.62. The Morgan fingerprint density at radius 2 is 1.52 bits per heavy atom. The monoisotopic (exact) mass is 432 g/mol. The summed E-state index contributed by atoms with van der Waals surface area (Å²) in [5.74, 6) is -2.69. The van der Waals surface area contributed by atoms with Crippen molar-refractivity contribution in [2.45, 2.75) is 67.2 Å². The highest BCUT2D eigenvalue weighted by Gasteiger charge is 2.61. The quantitative estimate of drug-likeness (QED) is 0.152. The average Bonchev–Trinajstić information content (AvgIpc) is 2.97. The molecule has 0 amide bonds. The molecule has 11 atom stereocenters. The van der Waals surface area contributed by atoms with Gasteiger partial charge in [-0.1, -0.05) is 0 Å². The molecule has 0 bridgehead atoms. The van der Waals surface area contributed by atoms with Crippen molar-refractivity contribution in [3.63, 3.8) is 0 Å². The lowest BCUT2D eigenvalue weighted by atomic mass is 9.99. The predicted molar refractivity (Wildman–Crippen MR) is 86.6 cm³/mol. The van der Waals surface area contributed by atoms with Crippen LogP contribution in [0.4, 0.5) is 0 Å². The molecular formula is C15H28O14. The SMILES string of the molecule is OCC(O)COC1(OC2O[C@H](CO)[C@@H](O)[C@H](O)[C@H]2O)O[C@@H]([C@H](O)CO)[C@H](O)[C@@H]1O. The summed E-state index contributed by atoms with van der Waals surface area (Å²) in [5, 5.41) is 96.9. The van der Waals surface area contributed by atoms with Crippen LogP contribution in [0.1, 0.15) is 0 Å². The topological polar surface area (TPSA) is 239 Å². The zero-order chi connectivity index (χ0) is 21.9. The molecule has 2 rings (SSSR count). The number of rotatable bonds is 9. The van der Waals surface area contributed by atoms with Crippen LogP contribution in [0, 0.1) is 0 Å². The Morgan fingerprint density at radius 3 is 2.07 bits per heavy atom. The predicted octanol–water partition coefficient (Wildman–Crippen LogP) is -6.70. The first kappa shape index (κ1) is 24.7. The summed E-state index contributed by atoms with van der Waals surface area (Å²) >= 11 is 0. The van der Waals surface area contributed by atoms with Crippen molar-refractivity contribution in [2.75, 3.05) is 26.4 Å². The zero-order valence-corrected chi connectivity index (χ0v) is 15.2. The van der Waals surface area contributed by atoms with Gasteiger partial charge in [0.25, 0.3) is 0 Å². The number of aliphatic hydroxyl groups excluding tert-OH is 10. The molecule has 172 valence electrons. The summed E-state index contributed by atoms with van der Waals surface area (Å²) in [7, 11) is 0. The van der Waals surface area contributed by atoms with Crippen LogP contribution >= 0.6 is 0 Å². The highest BCUT2D eigenvalue weighted by atomic mass is 16.9. The molecule has 2 aliphatic heterocycles. The van der Waals surface area contributed by atoms with E-state index in [9.17, 15) is 40.9 Å². The minimum absolute atomic E-state index is 0.709. The summed E-state index contributed by atoms with van der Waals surface area (Å²) in [5.41, 5.74) is 0. The van der Waals surface area contributed by atoms with E-state index in [0.29, 0.717) is 0 Å². The maximum absolute atomic E-state index is 10.4. The van der Waals surface area contributed by atoms with Gasteiger partial charge in [-0.05, 0) is 0 Å². The van der Waals surface area contributed by atoms with E-state index in [2.05, 4.69) is 0 Å². The van der Waals surface area contributed by atoms with E-state index >= 15 is 0 Å². The summed E-state index contributed by atoms with van der Waals surface area (Å²) in [6.07, 6.45) is -17.5. The van der Waals surface area contributed by atoms with Crippen molar-refractivity contribution < 1.29 is 70.0 Å². The van der Waals surface area contributed by atoms with E-state index in [1.807, 2.05) is 0 Å². The maximum Gasteiger partial charge on any atom is 0.316 e. The molecule has 0 aliphatic carbocycles. The van der Waals surface area contributed by atoms with Gasteiger partial charge >= 0.3 is 5.97 Å². The smallest absolute Gasteiger partial charge is 0.316 e. The van der Waals surface area contributed by atoms with Crippen LogP contribution in [-0.4, -0.2) is 145 Å². The number of hydrogen-bond donors (Lipinski definition) is 10. The Morgan fingerprint density at radius 1 is 0.862 bits per heavy atom. The summed E-state index contributed by atoms with van der Waals surface area (Å²) in [6.45, 7) is -3.11. The van der Waals surface area contributed by atoms with E-state index in [1.165, 1.54) is 0 Å². The van der Waals surface area contributed by atoms with Gasteiger partial charge in [0.05, 0.1) is 26.4 Å². The lowest BCUT2D eigenvalue weighted by Gasteiger charge is -2.43. The van der Waals surface area contributed by atoms with Crippen LogP contribution < -0.4 is 0 Å². The number of hydrogen-bond acceptors (Lipinski definition) is 14. The Bertz CT molecular complexity index is 507. The largest absolute Gasteiger partial charge is 0.394 e. The highest BCUT2D eigenvalue weighted by Crippen LogP contribution is 2.38. The molecule has 0 aromatic carbocycles. The van der Waals surface area contributed by atoms with Crippen LogP contribution in [0.2, 0.25) is 0 Å². The molecular weight excluding hydrogens is 404 g/mol. The van der Waals surface area contributed by atoms with Gasteiger partial charge in [0.15, 0.2) is 12.4 Å². The molecule has 2 heterocycles. The van der Waals surface area contributed by atoms with Crippen molar-refractivity contribution in [3.8, 4) is 0 Å². The summed E-state index contributed by atoms with van der Waals surface area (Å²) in [4.78, 5) is 0. The molecule has 29 heavy (non-hydrogen) atoms. The van der Waals surface area contributed by atoms with Crippen LogP contribution in [-0.2, 0) is 18.9 Å². The normalized spacial score (nSPS) is 45.3. The van der Waals surface area contributed by atoms with Gasteiger partial charge < -0.3 is 65.3 Å². The molecule has 0 aromatic rings. The Hall–Kier alpha value is -0.560. The van der Waals surface area contributed by atoms with Crippen molar-refractivity contribution in [2.24, 2.45) is 0 Å². The van der Waals surface area contributed by atoms with E-state index in [1.54, 1.807) is 0 Å². The van der Waals surface area contributed by atoms with E-state index in [0.717, 1.165) is 0 Å². The molecule has 0 aromatic heterocycles. The fourth-order valence-corrected chi connectivity index (χ4v) is 2.97. The highest BCUT2D eigenvalue weighted by molar-refractivity contribution is 4.97. The van der Waals surface area contributed by atoms with E-state index in [-0.39, 0.29) is 0 Å². The van der Waals surface area contributed by atoms with Gasteiger partial charge in [0.1, 0.15) is 48.8 Å². The van der Waals surface area contributed by atoms with Crippen molar-refractivity contribution in [1.82, 2.24) is 0 Å². The molecule has 14 heteroatoms. The van der Waals surface area contributed by atoms with Gasteiger partial charge in [0, 0.05) is 0 Å². The van der Waals surface area contributed by atoms with Crippen LogP contribution in [0.15, 0.2) is 0 Å². The molecule has 14 nitrogen and oxygen atoms in total. The van der Waals surface area contributed by atoms with Gasteiger partial charge in [-0.2, -0.15) is 0 Å². The molecule has 0 radical (unpaired) electrons. The lowest BCUT2D eigenvalue weighted by molar-refractivity contribution is -0.457. The molecule has 2 saturated heterocycles. The van der Waals surface area contributed by atoms with Crippen LogP contribution in [0.25, 0.3) is 0 Å². The second-order valence-corrected chi connectivity index (χ2v) is 6.83. The third-order valence-corrected chi connectivity index (χ3v) is 4.71. The molecule has 10 N–H and O–H groups in total. The van der Waals surface area contributed by atoms with Gasteiger partial charge in [0.2, 0.25) is 0 Å². The van der Waals surface area contributed by atoms with E-state index < -0.39 is 93.6 Å². The molecule has 0 saturated carbocycles. The van der Waals surface area contributed by atoms with E-state index in [4.69, 9.17) is 29.2 Å². The minimum Gasteiger partial charge on any atom is -0.394 e. The van der Waals surface area contributed by atoms with Gasteiger partial charge in [-0.3, -0.25) is 4.74 Å². The maximum atomic E-state index is 10.4. The van der Waals surface area contributed by atoms with Crippen LogP contribution in [0.5, 0.6) is 0 Å². The second-order valence-electron chi connectivity index (χ2n) is 6.83. The van der Waals surface area contributed by atoms with Gasteiger partial charge in [-0.15, -0.1) is 0 Å². The fourth-order valence-electron chi connectivity index (χ4n) is 2.97.